The number of nitrogens with one attached hydrogen (secondary N) is 2. The Hall–Kier alpha value is -1.34. The molecule has 2 N–H and O–H groups in total. The van der Waals surface area contributed by atoms with E-state index in [9.17, 15) is 4.79 Å². The van der Waals surface area contributed by atoms with Crippen LogP contribution in [-0.4, -0.2) is 17.7 Å². The molecule has 0 aromatic carbocycles. The number of hydrogen-bond donors (Lipinski definition) is 2. The summed E-state index contributed by atoms with van der Waals surface area (Å²) in [6.45, 7) is 4.31. The predicted octanol–water partition coefficient (Wildman–Crippen LogP) is 1.09. The Morgan fingerprint density at radius 1 is 1.67 bits per heavy atom. The molecule has 7 heteroatoms. The minimum Gasteiger partial charge on any atom is -0.477 e. The molecule has 1 atom stereocenters. The number of amides is 1. The van der Waals surface area contributed by atoms with Gasteiger partial charge in [0.25, 0.3) is 0 Å². The van der Waals surface area contributed by atoms with Crippen molar-refractivity contribution in [2.75, 3.05) is 6.61 Å². The molecule has 0 bridgehead atoms. The van der Waals surface area contributed by atoms with Crippen molar-refractivity contribution in [3.8, 4) is 5.88 Å². The molecule has 1 aromatic heterocycles. The molecule has 2 rings (SSSR count). The number of carbonyl (C=O) groups excluding carboxylic acids is 1. The number of aryl methyl sites for hydroxylation is 1. The third-order valence-corrected chi connectivity index (χ3v) is 2.82. The fraction of sp³-hybridized carbons (Fsp3) is 0.500. The number of hydroxylamine groups is 1. The molecule has 1 aliphatic heterocycles. The number of nitrogens with zero attached hydrogens (tertiary/aromatic N) is 1. The van der Waals surface area contributed by atoms with Gasteiger partial charge in [-0.1, -0.05) is 0 Å². The van der Waals surface area contributed by atoms with Crippen LogP contribution < -0.4 is 15.5 Å². The molecule has 1 amide bonds. The van der Waals surface area contributed by atoms with Gasteiger partial charge in [0, 0.05) is 0 Å². The monoisotopic (exact) mass is 229 g/mol. The zero-order chi connectivity index (χ0) is 10.8. The lowest BCUT2D eigenvalue weighted by molar-refractivity contribution is 0.121. The fourth-order valence-corrected chi connectivity index (χ4v) is 2.12. The van der Waals surface area contributed by atoms with Gasteiger partial charge < -0.3 is 9.57 Å². The van der Waals surface area contributed by atoms with E-state index >= 15 is 0 Å². The summed E-state index contributed by atoms with van der Waals surface area (Å²) in [6, 6.07) is 0. The molecule has 0 radical (unpaired) electrons. The first kappa shape index (κ1) is 10.2. The Morgan fingerprint density at radius 3 is 3.07 bits per heavy atom. The summed E-state index contributed by atoms with van der Waals surface area (Å²) in [5.74, 6) is 0.545. The summed E-state index contributed by atoms with van der Waals surface area (Å²) >= 11 is 1.46. The normalized spacial score (nSPS) is 19.9. The number of aromatic nitrogens is 1. The Labute approximate surface area is 90.6 Å². The quantitative estimate of drug-likeness (QED) is 0.811. The molecule has 1 unspecified atom stereocenters. The molecule has 0 aliphatic carbocycles. The van der Waals surface area contributed by atoms with Crippen LogP contribution in [0.15, 0.2) is 0 Å². The van der Waals surface area contributed by atoms with E-state index in [0.29, 0.717) is 12.5 Å². The van der Waals surface area contributed by atoms with Crippen LogP contribution in [0.4, 0.5) is 4.79 Å². The van der Waals surface area contributed by atoms with Crippen molar-refractivity contribution >= 4 is 17.4 Å². The molecule has 15 heavy (non-hydrogen) atoms. The second-order valence-electron chi connectivity index (χ2n) is 2.92. The van der Waals surface area contributed by atoms with Gasteiger partial charge in [0.15, 0.2) is 6.17 Å². The molecule has 1 saturated heterocycles. The van der Waals surface area contributed by atoms with Crippen LogP contribution in [0.1, 0.15) is 23.0 Å². The highest BCUT2D eigenvalue weighted by Gasteiger charge is 2.28. The van der Waals surface area contributed by atoms with Crippen LogP contribution in [0.2, 0.25) is 0 Å². The van der Waals surface area contributed by atoms with E-state index in [1.54, 1.807) is 0 Å². The summed E-state index contributed by atoms with van der Waals surface area (Å²) in [5.41, 5.74) is 2.56. The van der Waals surface area contributed by atoms with Crippen LogP contribution in [0.5, 0.6) is 5.88 Å². The van der Waals surface area contributed by atoms with Crippen molar-refractivity contribution in [3.05, 3.63) is 9.88 Å². The van der Waals surface area contributed by atoms with Crippen molar-refractivity contribution in [1.82, 2.24) is 15.8 Å². The van der Waals surface area contributed by atoms with Crippen molar-refractivity contribution in [3.63, 3.8) is 0 Å². The van der Waals surface area contributed by atoms with Crippen molar-refractivity contribution in [1.29, 1.82) is 0 Å². The average Bonchev–Trinajstić information content (AvgIpc) is 2.73. The van der Waals surface area contributed by atoms with E-state index in [0.717, 1.165) is 9.88 Å². The molecule has 2 heterocycles. The lowest BCUT2D eigenvalue weighted by Crippen LogP contribution is -2.21. The van der Waals surface area contributed by atoms with Crippen molar-refractivity contribution in [2.24, 2.45) is 0 Å². The Morgan fingerprint density at radius 2 is 2.47 bits per heavy atom. The van der Waals surface area contributed by atoms with Gasteiger partial charge in [0.2, 0.25) is 5.88 Å². The average molecular weight is 229 g/mol. The van der Waals surface area contributed by atoms with Gasteiger partial charge in [-0.15, -0.1) is 16.8 Å². The van der Waals surface area contributed by atoms with Gasteiger partial charge in [-0.2, -0.15) is 0 Å². The maximum absolute atomic E-state index is 10.9. The molecular formula is C8H11N3O3S. The number of carbonyl (C=O) groups is 1. The van der Waals surface area contributed by atoms with E-state index in [1.807, 2.05) is 13.8 Å². The maximum atomic E-state index is 10.9. The van der Waals surface area contributed by atoms with E-state index < -0.39 is 6.09 Å². The highest BCUT2D eigenvalue weighted by atomic mass is 32.1. The topological polar surface area (TPSA) is 72.5 Å². The fourth-order valence-electron chi connectivity index (χ4n) is 1.25. The second-order valence-corrected chi connectivity index (χ2v) is 4.15. The molecular weight excluding hydrogens is 218 g/mol. The largest absolute Gasteiger partial charge is 0.477 e. The zero-order valence-electron chi connectivity index (χ0n) is 8.36. The highest BCUT2D eigenvalue weighted by molar-refractivity contribution is 7.11. The minimum absolute atomic E-state index is 0.370. The number of ether oxygens (including phenoxy) is 1. The van der Waals surface area contributed by atoms with Gasteiger partial charge in [0.1, 0.15) is 4.88 Å². The van der Waals surface area contributed by atoms with E-state index in [1.165, 1.54) is 11.3 Å². The van der Waals surface area contributed by atoms with Crippen molar-refractivity contribution in [2.45, 2.75) is 20.0 Å². The highest BCUT2D eigenvalue weighted by Crippen LogP contribution is 2.31. The minimum atomic E-state index is -0.492. The first-order valence-electron chi connectivity index (χ1n) is 4.53. The summed E-state index contributed by atoms with van der Waals surface area (Å²) < 4.78 is 5.36. The van der Waals surface area contributed by atoms with Crippen LogP contribution >= 0.6 is 11.3 Å². The lowest BCUT2D eigenvalue weighted by atomic mass is 10.4. The first-order chi connectivity index (χ1) is 7.20. The molecule has 1 aliphatic rings. The molecule has 0 spiro atoms. The Balaban J connectivity index is 2.22. The molecule has 82 valence electrons. The summed E-state index contributed by atoms with van der Waals surface area (Å²) in [5, 5.41) is 3.49. The molecule has 6 nitrogen and oxygen atoms in total. The third kappa shape index (κ3) is 2.02. The van der Waals surface area contributed by atoms with E-state index in [2.05, 4.69) is 20.6 Å². The van der Waals surface area contributed by atoms with E-state index in [-0.39, 0.29) is 6.17 Å². The standard InChI is InChI=1S/C8H11N3O3S/c1-3-13-7-5(15-4(2)9-7)6-10-8(12)14-11-6/h6,11H,3H2,1-2H3,(H,10,12). The third-order valence-electron chi connectivity index (χ3n) is 1.80. The SMILES string of the molecule is CCOc1nc(C)sc1C1NOC(=O)N1. The van der Waals surface area contributed by atoms with Crippen LogP contribution in [0.25, 0.3) is 0 Å². The lowest BCUT2D eigenvalue weighted by Gasteiger charge is -2.06. The van der Waals surface area contributed by atoms with Gasteiger partial charge >= 0.3 is 6.09 Å². The number of rotatable bonds is 3. The Bertz CT molecular complexity index is 379. The van der Waals surface area contributed by atoms with Crippen LogP contribution in [-0.2, 0) is 4.84 Å². The van der Waals surface area contributed by atoms with E-state index in [4.69, 9.17) is 4.74 Å². The zero-order valence-corrected chi connectivity index (χ0v) is 9.18. The summed E-state index contributed by atoms with van der Waals surface area (Å²) in [4.78, 5) is 20.5. The molecule has 0 saturated carbocycles. The van der Waals surface area contributed by atoms with Gasteiger partial charge in [-0.3, -0.25) is 5.32 Å². The van der Waals surface area contributed by atoms with Gasteiger partial charge in [-0.25, -0.2) is 9.78 Å². The first-order valence-corrected chi connectivity index (χ1v) is 5.35. The van der Waals surface area contributed by atoms with Gasteiger partial charge in [-0.05, 0) is 13.8 Å². The summed E-state index contributed by atoms with van der Waals surface area (Å²) in [7, 11) is 0. The second kappa shape index (κ2) is 4.03. The predicted molar refractivity (Wildman–Crippen MR) is 53.5 cm³/mol. The number of hydrogen-bond acceptors (Lipinski definition) is 6. The maximum Gasteiger partial charge on any atom is 0.427 e. The van der Waals surface area contributed by atoms with Crippen molar-refractivity contribution < 1.29 is 14.4 Å². The number of thiazole rings is 1. The summed E-state index contributed by atoms with van der Waals surface area (Å²) in [6.07, 6.45) is -0.862. The van der Waals surface area contributed by atoms with Gasteiger partial charge in [0.05, 0.1) is 11.6 Å². The molecule has 1 aromatic rings. The Kier molecular flexibility index (Phi) is 2.74. The van der Waals surface area contributed by atoms with Crippen LogP contribution in [0, 0.1) is 6.92 Å². The smallest absolute Gasteiger partial charge is 0.427 e. The molecule has 1 fully saturated rings. The van der Waals surface area contributed by atoms with Crippen LogP contribution in [0.3, 0.4) is 0 Å².